The molecule has 1 heterocycles. The summed E-state index contributed by atoms with van der Waals surface area (Å²) in [5.41, 5.74) is 3.66. The van der Waals surface area contributed by atoms with E-state index in [2.05, 4.69) is 31.1 Å². The van der Waals surface area contributed by atoms with Gasteiger partial charge in [-0.05, 0) is 53.8 Å². The first-order chi connectivity index (χ1) is 15.5. The van der Waals surface area contributed by atoms with Gasteiger partial charge in [0.25, 0.3) is 11.6 Å². The van der Waals surface area contributed by atoms with Crippen LogP contribution in [0.15, 0.2) is 59.0 Å². The van der Waals surface area contributed by atoms with Crippen LogP contribution in [0.5, 0.6) is 0 Å². The average Bonchev–Trinajstić information content (AvgIpc) is 3.19. The molecule has 0 bridgehead atoms. The zero-order chi connectivity index (χ0) is 23.9. The summed E-state index contributed by atoms with van der Waals surface area (Å²) in [6.45, 7) is 8.08. The minimum absolute atomic E-state index is 0.0669. The molecule has 168 valence electrons. The molecule has 0 spiro atoms. The Labute approximate surface area is 195 Å². The number of nitrogens with zero attached hydrogens (tertiary/aromatic N) is 2. The number of aromatic nitrogens is 1. The first-order valence-electron chi connectivity index (χ1n) is 10.3. The summed E-state index contributed by atoms with van der Waals surface area (Å²) in [4.78, 5) is 28.5. The zero-order valence-electron chi connectivity index (χ0n) is 18.6. The Kier molecular flexibility index (Phi) is 5.68. The summed E-state index contributed by atoms with van der Waals surface area (Å²) in [6.07, 6.45) is 0. The van der Waals surface area contributed by atoms with Crippen molar-refractivity contribution in [2.24, 2.45) is 0 Å². The molecule has 3 aromatic carbocycles. The molecule has 0 unspecified atom stereocenters. The molecule has 1 N–H and O–H groups in total. The SMILES string of the molecule is Cc1c(Cl)cccc1NC(=O)c1cc(-c2nc3cc(C(C)(C)C)ccc3o2)cc([N+](=O)[O-])c1. The van der Waals surface area contributed by atoms with Gasteiger partial charge in [0.2, 0.25) is 5.89 Å². The summed E-state index contributed by atoms with van der Waals surface area (Å²) in [5, 5.41) is 14.8. The molecule has 0 saturated heterocycles. The fourth-order valence-electron chi connectivity index (χ4n) is 3.43. The number of hydrogen-bond acceptors (Lipinski definition) is 5. The third kappa shape index (κ3) is 4.59. The van der Waals surface area contributed by atoms with Crippen molar-refractivity contribution in [3.05, 3.63) is 86.4 Å². The molecular formula is C25H22ClN3O4. The highest BCUT2D eigenvalue weighted by atomic mass is 35.5. The molecule has 0 radical (unpaired) electrons. The maximum Gasteiger partial charge on any atom is 0.271 e. The van der Waals surface area contributed by atoms with Crippen LogP contribution in [-0.4, -0.2) is 15.8 Å². The quantitative estimate of drug-likeness (QED) is 0.262. The largest absolute Gasteiger partial charge is 0.436 e. The first kappa shape index (κ1) is 22.5. The molecule has 0 aliphatic heterocycles. The summed E-state index contributed by atoms with van der Waals surface area (Å²) in [7, 11) is 0. The van der Waals surface area contributed by atoms with E-state index >= 15 is 0 Å². The van der Waals surface area contributed by atoms with Crippen molar-refractivity contribution in [2.75, 3.05) is 5.32 Å². The van der Waals surface area contributed by atoms with Gasteiger partial charge in [0.05, 0.1) is 4.92 Å². The number of rotatable bonds is 4. The maximum absolute atomic E-state index is 12.9. The predicted molar refractivity (Wildman–Crippen MR) is 129 cm³/mol. The Morgan fingerprint density at radius 2 is 1.88 bits per heavy atom. The lowest BCUT2D eigenvalue weighted by Gasteiger charge is -2.18. The Hall–Kier alpha value is -3.71. The number of carbonyl (C=O) groups is 1. The number of benzene rings is 3. The molecule has 0 atom stereocenters. The van der Waals surface area contributed by atoms with E-state index in [4.69, 9.17) is 16.0 Å². The van der Waals surface area contributed by atoms with Crippen molar-refractivity contribution in [3.63, 3.8) is 0 Å². The lowest BCUT2D eigenvalue weighted by molar-refractivity contribution is -0.384. The standard InChI is InChI=1S/C25H22ClN3O4/c1-14-19(26)6-5-7-20(14)27-23(30)15-10-16(12-18(11-15)29(31)32)24-28-21-13-17(25(2,3)4)8-9-22(21)33-24/h5-13H,1-4H3,(H,27,30). The topological polar surface area (TPSA) is 98.3 Å². The number of anilines is 1. The predicted octanol–water partition coefficient (Wildman–Crippen LogP) is 6.91. The highest BCUT2D eigenvalue weighted by Crippen LogP contribution is 2.32. The van der Waals surface area contributed by atoms with Crippen LogP contribution in [-0.2, 0) is 5.41 Å². The van der Waals surface area contributed by atoms with E-state index in [0.29, 0.717) is 32.9 Å². The van der Waals surface area contributed by atoms with E-state index in [-0.39, 0.29) is 22.6 Å². The number of nitrogens with one attached hydrogen (secondary N) is 1. The van der Waals surface area contributed by atoms with Crippen LogP contribution in [0.3, 0.4) is 0 Å². The highest BCUT2D eigenvalue weighted by Gasteiger charge is 2.20. The molecule has 1 amide bonds. The Morgan fingerprint density at radius 1 is 1.12 bits per heavy atom. The summed E-state index contributed by atoms with van der Waals surface area (Å²) >= 11 is 6.13. The van der Waals surface area contributed by atoms with E-state index in [9.17, 15) is 14.9 Å². The van der Waals surface area contributed by atoms with E-state index in [1.54, 1.807) is 25.1 Å². The summed E-state index contributed by atoms with van der Waals surface area (Å²) in [6, 6.07) is 15.0. The number of halogens is 1. The minimum Gasteiger partial charge on any atom is -0.436 e. The van der Waals surface area contributed by atoms with Crippen molar-refractivity contribution in [3.8, 4) is 11.5 Å². The van der Waals surface area contributed by atoms with Crippen LogP contribution in [0.25, 0.3) is 22.6 Å². The van der Waals surface area contributed by atoms with Gasteiger partial charge in [-0.2, -0.15) is 0 Å². The van der Waals surface area contributed by atoms with Gasteiger partial charge < -0.3 is 9.73 Å². The molecule has 1 aromatic heterocycles. The van der Waals surface area contributed by atoms with Crippen LogP contribution in [0, 0.1) is 17.0 Å². The molecule has 4 rings (SSSR count). The second kappa shape index (κ2) is 8.33. The number of nitro groups is 1. The lowest BCUT2D eigenvalue weighted by Crippen LogP contribution is -2.13. The van der Waals surface area contributed by atoms with Crippen molar-refractivity contribution in [1.82, 2.24) is 4.98 Å². The number of oxazole rings is 1. The van der Waals surface area contributed by atoms with Gasteiger partial charge in [-0.3, -0.25) is 14.9 Å². The third-order valence-electron chi connectivity index (χ3n) is 5.41. The van der Waals surface area contributed by atoms with Gasteiger partial charge in [-0.15, -0.1) is 0 Å². The van der Waals surface area contributed by atoms with Crippen LogP contribution in [0.4, 0.5) is 11.4 Å². The number of fused-ring (bicyclic) bond motifs is 1. The van der Waals surface area contributed by atoms with Crippen molar-refractivity contribution < 1.29 is 14.1 Å². The smallest absolute Gasteiger partial charge is 0.271 e. The molecular weight excluding hydrogens is 442 g/mol. The normalized spacial score (nSPS) is 11.5. The number of amides is 1. The van der Waals surface area contributed by atoms with Crippen molar-refractivity contribution >= 4 is 40.0 Å². The number of hydrogen-bond donors (Lipinski definition) is 1. The summed E-state index contributed by atoms with van der Waals surface area (Å²) in [5.74, 6) is -0.302. The van der Waals surface area contributed by atoms with Gasteiger partial charge in [-0.25, -0.2) is 4.98 Å². The zero-order valence-corrected chi connectivity index (χ0v) is 19.4. The van der Waals surface area contributed by atoms with Crippen LogP contribution < -0.4 is 5.32 Å². The van der Waals surface area contributed by atoms with Crippen LogP contribution in [0.1, 0.15) is 42.3 Å². The third-order valence-corrected chi connectivity index (χ3v) is 5.82. The highest BCUT2D eigenvalue weighted by molar-refractivity contribution is 6.31. The fraction of sp³-hybridized carbons (Fsp3) is 0.200. The molecule has 0 saturated carbocycles. The number of carbonyl (C=O) groups excluding carboxylic acids is 1. The van der Waals surface area contributed by atoms with E-state index in [1.807, 2.05) is 18.2 Å². The van der Waals surface area contributed by atoms with E-state index in [0.717, 1.165) is 5.56 Å². The maximum atomic E-state index is 12.9. The van der Waals surface area contributed by atoms with Gasteiger partial charge >= 0.3 is 0 Å². The molecule has 33 heavy (non-hydrogen) atoms. The minimum atomic E-state index is -0.550. The van der Waals surface area contributed by atoms with Crippen molar-refractivity contribution in [2.45, 2.75) is 33.1 Å². The molecule has 8 heteroatoms. The first-order valence-corrected chi connectivity index (χ1v) is 10.7. The Balaban J connectivity index is 1.76. The van der Waals surface area contributed by atoms with Crippen LogP contribution >= 0.6 is 11.6 Å². The second-order valence-electron chi connectivity index (χ2n) is 8.84. The monoisotopic (exact) mass is 463 g/mol. The van der Waals surface area contributed by atoms with Gasteiger partial charge in [0.1, 0.15) is 5.52 Å². The number of non-ortho nitro benzene ring substituents is 1. The Morgan fingerprint density at radius 3 is 2.58 bits per heavy atom. The lowest BCUT2D eigenvalue weighted by atomic mass is 9.87. The fourth-order valence-corrected chi connectivity index (χ4v) is 3.60. The van der Waals surface area contributed by atoms with Gasteiger partial charge in [0.15, 0.2) is 5.58 Å². The van der Waals surface area contributed by atoms with Crippen LogP contribution in [0.2, 0.25) is 5.02 Å². The Bertz CT molecular complexity index is 1400. The molecule has 7 nitrogen and oxygen atoms in total. The molecule has 0 aliphatic carbocycles. The average molecular weight is 464 g/mol. The van der Waals surface area contributed by atoms with E-state index < -0.39 is 10.8 Å². The molecule has 0 aliphatic rings. The van der Waals surface area contributed by atoms with E-state index in [1.165, 1.54) is 18.2 Å². The molecule has 4 aromatic rings. The molecule has 0 fully saturated rings. The number of nitro benzene ring substituents is 1. The van der Waals surface area contributed by atoms with Crippen molar-refractivity contribution in [1.29, 1.82) is 0 Å². The van der Waals surface area contributed by atoms with Gasteiger partial charge in [0, 0.05) is 34.0 Å². The summed E-state index contributed by atoms with van der Waals surface area (Å²) < 4.78 is 5.86. The van der Waals surface area contributed by atoms with Gasteiger partial charge in [-0.1, -0.05) is 44.5 Å². The second-order valence-corrected chi connectivity index (χ2v) is 9.25.